The van der Waals surface area contributed by atoms with Gasteiger partial charge in [-0.05, 0) is 33.6 Å². The van der Waals surface area contributed by atoms with E-state index in [1.165, 1.54) is 18.3 Å². The Bertz CT molecular complexity index is 520. The Labute approximate surface area is 104 Å². The Kier molecular flexibility index (Phi) is 3.19. The lowest BCUT2D eigenvalue weighted by Crippen LogP contribution is -2.06. The number of rotatable bonds is 1. The minimum atomic E-state index is -4.36. The van der Waals surface area contributed by atoms with Gasteiger partial charge in [-0.15, -0.1) is 0 Å². The van der Waals surface area contributed by atoms with Crippen molar-refractivity contribution in [2.45, 2.75) is 6.18 Å². The van der Waals surface area contributed by atoms with Crippen LogP contribution in [0, 0.1) is 0 Å². The van der Waals surface area contributed by atoms with Crippen LogP contribution in [0.4, 0.5) is 13.2 Å². The highest BCUT2D eigenvalue weighted by atomic mass is 79.9. The average Bonchev–Trinajstić information content (AvgIpc) is 2.29. The van der Waals surface area contributed by atoms with E-state index in [1.807, 2.05) is 0 Å². The zero-order chi connectivity index (χ0) is 12.5. The quantitative estimate of drug-likeness (QED) is 0.705. The van der Waals surface area contributed by atoms with E-state index < -0.39 is 11.7 Å². The predicted octanol–water partition coefficient (Wildman–Crippen LogP) is 4.53. The molecule has 0 atom stereocenters. The highest BCUT2D eigenvalue weighted by Crippen LogP contribution is 2.36. The summed E-state index contributed by atoms with van der Waals surface area (Å²) in [5.41, 5.74) is -0.0646. The van der Waals surface area contributed by atoms with Gasteiger partial charge in [0.1, 0.15) is 4.60 Å². The van der Waals surface area contributed by atoms with Gasteiger partial charge < -0.3 is 0 Å². The number of benzene rings is 1. The first-order chi connectivity index (χ1) is 7.98. The van der Waals surface area contributed by atoms with Crippen molar-refractivity contribution in [3.8, 4) is 11.1 Å². The van der Waals surface area contributed by atoms with Gasteiger partial charge in [0.25, 0.3) is 0 Å². The van der Waals surface area contributed by atoms with Crippen molar-refractivity contribution >= 4 is 15.9 Å². The molecule has 0 aliphatic rings. The van der Waals surface area contributed by atoms with Gasteiger partial charge in [-0.1, -0.05) is 24.3 Å². The fourth-order valence-corrected chi connectivity index (χ4v) is 1.75. The molecule has 1 aromatic carbocycles. The number of halogens is 4. The maximum atomic E-state index is 12.8. The van der Waals surface area contributed by atoms with Crippen LogP contribution in [-0.4, -0.2) is 4.98 Å². The fourth-order valence-electron chi connectivity index (χ4n) is 1.52. The van der Waals surface area contributed by atoms with E-state index >= 15 is 0 Å². The van der Waals surface area contributed by atoms with Crippen LogP contribution in [0.5, 0.6) is 0 Å². The predicted molar refractivity (Wildman–Crippen MR) is 62.4 cm³/mol. The lowest BCUT2D eigenvalue weighted by Gasteiger charge is -2.12. The molecule has 5 heteroatoms. The Morgan fingerprint density at radius 3 is 2.29 bits per heavy atom. The van der Waals surface area contributed by atoms with E-state index in [9.17, 15) is 13.2 Å². The second-order valence-corrected chi connectivity index (χ2v) is 4.23. The van der Waals surface area contributed by atoms with Gasteiger partial charge in [0.05, 0.1) is 5.56 Å². The largest absolute Gasteiger partial charge is 0.417 e. The fraction of sp³-hybridized carbons (Fsp3) is 0.0833. The van der Waals surface area contributed by atoms with Gasteiger partial charge in [0.2, 0.25) is 0 Å². The maximum Gasteiger partial charge on any atom is 0.417 e. The number of hydrogen-bond acceptors (Lipinski definition) is 1. The van der Waals surface area contributed by atoms with Crippen LogP contribution in [0.2, 0.25) is 0 Å². The van der Waals surface area contributed by atoms with E-state index in [0.717, 1.165) is 6.07 Å². The molecule has 0 aliphatic carbocycles. The first-order valence-electron chi connectivity index (χ1n) is 4.76. The Hall–Kier alpha value is -1.36. The lowest BCUT2D eigenvalue weighted by atomic mass is 10.0. The summed E-state index contributed by atoms with van der Waals surface area (Å²) in [7, 11) is 0. The Balaban J connectivity index is 2.56. The molecular weight excluding hydrogens is 295 g/mol. The monoisotopic (exact) mass is 301 g/mol. The van der Waals surface area contributed by atoms with E-state index in [0.29, 0.717) is 10.2 Å². The van der Waals surface area contributed by atoms with Crippen molar-refractivity contribution in [3.05, 3.63) is 52.8 Å². The molecule has 0 unspecified atom stereocenters. The summed E-state index contributed by atoms with van der Waals surface area (Å²) in [5.74, 6) is 0. The van der Waals surface area contributed by atoms with Crippen LogP contribution < -0.4 is 0 Å². The first-order valence-corrected chi connectivity index (χ1v) is 5.56. The van der Waals surface area contributed by atoms with Gasteiger partial charge in [0.15, 0.2) is 0 Å². The van der Waals surface area contributed by atoms with Gasteiger partial charge in [-0.2, -0.15) is 13.2 Å². The molecule has 0 amide bonds. The number of pyridine rings is 1. The molecule has 0 radical (unpaired) electrons. The molecule has 1 aromatic heterocycles. The molecule has 0 N–H and O–H groups in total. The van der Waals surface area contributed by atoms with E-state index in [-0.39, 0.29) is 5.56 Å². The van der Waals surface area contributed by atoms with Gasteiger partial charge in [-0.25, -0.2) is 4.98 Å². The average molecular weight is 302 g/mol. The molecule has 17 heavy (non-hydrogen) atoms. The van der Waals surface area contributed by atoms with Crippen LogP contribution in [0.15, 0.2) is 47.2 Å². The summed E-state index contributed by atoms with van der Waals surface area (Å²) >= 11 is 3.14. The van der Waals surface area contributed by atoms with Crippen molar-refractivity contribution in [3.63, 3.8) is 0 Å². The first kappa shape index (κ1) is 12.1. The summed E-state index contributed by atoms with van der Waals surface area (Å²) in [6, 6.07) is 8.67. The molecule has 1 nitrogen and oxygen atoms in total. The minimum absolute atomic E-state index is 0.139. The maximum absolute atomic E-state index is 12.8. The molecule has 88 valence electrons. The van der Waals surface area contributed by atoms with Crippen LogP contribution >= 0.6 is 15.9 Å². The second kappa shape index (κ2) is 4.49. The SMILES string of the molecule is FC(F)(F)c1ccccc1-c1ccc(Br)nc1. The zero-order valence-electron chi connectivity index (χ0n) is 8.50. The minimum Gasteiger partial charge on any atom is -0.249 e. The summed E-state index contributed by atoms with van der Waals surface area (Å²) in [4.78, 5) is 3.93. The highest BCUT2D eigenvalue weighted by molar-refractivity contribution is 9.10. The normalized spacial score (nSPS) is 11.5. The number of alkyl halides is 3. The molecule has 0 fully saturated rings. The van der Waals surface area contributed by atoms with E-state index in [2.05, 4.69) is 20.9 Å². The van der Waals surface area contributed by atoms with Crippen molar-refractivity contribution in [2.75, 3.05) is 0 Å². The van der Waals surface area contributed by atoms with Crippen LogP contribution in [0.1, 0.15) is 5.56 Å². The Morgan fingerprint density at radius 2 is 1.71 bits per heavy atom. The van der Waals surface area contributed by atoms with Crippen LogP contribution in [0.3, 0.4) is 0 Å². The van der Waals surface area contributed by atoms with Crippen molar-refractivity contribution in [1.29, 1.82) is 0 Å². The lowest BCUT2D eigenvalue weighted by molar-refractivity contribution is -0.137. The summed E-state index contributed by atoms with van der Waals surface area (Å²) in [5, 5.41) is 0. The highest BCUT2D eigenvalue weighted by Gasteiger charge is 2.33. The van der Waals surface area contributed by atoms with Gasteiger partial charge >= 0.3 is 6.18 Å². The van der Waals surface area contributed by atoms with Crippen LogP contribution in [0.25, 0.3) is 11.1 Å². The van der Waals surface area contributed by atoms with Crippen LogP contribution in [-0.2, 0) is 6.18 Å². The number of aromatic nitrogens is 1. The van der Waals surface area contributed by atoms with Gasteiger partial charge in [-0.3, -0.25) is 0 Å². The third-order valence-corrected chi connectivity index (χ3v) is 2.74. The topological polar surface area (TPSA) is 12.9 Å². The number of nitrogens with zero attached hydrogens (tertiary/aromatic N) is 1. The van der Waals surface area contributed by atoms with Crippen molar-refractivity contribution < 1.29 is 13.2 Å². The third-order valence-electron chi connectivity index (χ3n) is 2.27. The third kappa shape index (κ3) is 2.66. The van der Waals surface area contributed by atoms with Crippen molar-refractivity contribution in [1.82, 2.24) is 4.98 Å². The van der Waals surface area contributed by atoms with Gasteiger partial charge in [0, 0.05) is 11.8 Å². The Morgan fingerprint density at radius 1 is 1.00 bits per heavy atom. The molecule has 0 aliphatic heterocycles. The summed E-state index contributed by atoms with van der Waals surface area (Å²) in [6.07, 6.45) is -2.95. The molecule has 0 saturated heterocycles. The zero-order valence-corrected chi connectivity index (χ0v) is 10.1. The number of hydrogen-bond donors (Lipinski definition) is 0. The molecular formula is C12H7BrF3N. The van der Waals surface area contributed by atoms with Crippen molar-refractivity contribution in [2.24, 2.45) is 0 Å². The smallest absolute Gasteiger partial charge is 0.249 e. The molecule has 0 saturated carbocycles. The van der Waals surface area contributed by atoms with E-state index in [1.54, 1.807) is 18.2 Å². The molecule has 1 heterocycles. The molecule has 0 spiro atoms. The summed E-state index contributed by atoms with van der Waals surface area (Å²) < 4.78 is 38.9. The summed E-state index contributed by atoms with van der Waals surface area (Å²) in [6.45, 7) is 0. The molecule has 2 aromatic rings. The standard InChI is InChI=1S/C12H7BrF3N/c13-11-6-5-8(7-17-11)9-3-1-2-4-10(9)12(14,15)16/h1-7H. The second-order valence-electron chi connectivity index (χ2n) is 3.41. The molecule has 0 bridgehead atoms. The van der Waals surface area contributed by atoms with E-state index in [4.69, 9.17) is 0 Å². The molecule has 2 rings (SSSR count).